The van der Waals surface area contributed by atoms with Crippen molar-refractivity contribution in [3.8, 4) is 0 Å². The number of aromatic nitrogens is 1. The number of amides is 1. The summed E-state index contributed by atoms with van der Waals surface area (Å²) in [5, 5.41) is 3.94. The average Bonchev–Trinajstić information content (AvgIpc) is 2.78. The Balaban J connectivity index is 1.77. The number of fused-ring (bicyclic) bond motifs is 1. The van der Waals surface area contributed by atoms with Crippen LogP contribution in [0.1, 0.15) is 6.42 Å². The molecule has 5 nitrogen and oxygen atoms in total. The summed E-state index contributed by atoms with van der Waals surface area (Å²) >= 11 is 0. The third kappa shape index (κ3) is 2.50. The van der Waals surface area contributed by atoms with Gasteiger partial charge in [-0.1, -0.05) is 18.2 Å². The van der Waals surface area contributed by atoms with Crippen molar-refractivity contribution >= 4 is 22.5 Å². The van der Waals surface area contributed by atoms with Crippen molar-refractivity contribution in [2.45, 2.75) is 18.5 Å². The van der Waals surface area contributed by atoms with E-state index in [1.54, 1.807) is 6.20 Å². The molecule has 0 unspecified atom stereocenters. The van der Waals surface area contributed by atoms with Crippen LogP contribution < -0.4 is 11.1 Å². The molecule has 1 fully saturated rings. The lowest BCUT2D eigenvalue weighted by atomic mass is 10.1. The second kappa shape index (κ2) is 5.19. The highest BCUT2D eigenvalue weighted by Gasteiger charge is 2.32. The molecule has 0 spiro atoms. The number of benzene rings is 1. The Bertz CT molecular complexity index is 643. The summed E-state index contributed by atoms with van der Waals surface area (Å²) in [6, 6.07) is 9.69. The minimum Gasteiger partial charge on any atom is -0.326 e. The third-order valence-corrected chi connectivity index (χ3v) is 3.74. The molecule has 0 radical (unpaired) electrons. The van der Waals surface area contributed by atoms with Crippen molar-refractivity contribution in [2.24, 2.45) is 5.73 Å². The van der Waals surface area contributed by atoms with Gasteiger partial charge in [-0.3, -0.25) is 14.7 Å². The summed E-state index contributed by atoms with van der Waals surface area (Å²) in [5.41, 5.74) is 7.53. The van der Waals surface area contributed by atoms with Crippen LogP contribution in [-0.2, 0) is 4.79 Å². The van der Waals surface area contributed by atoms with E-state index >= 15 is 0 Å². The molecular weight excluding hydrogens is 252 g/mol. The van der Waals surface area contributed by atoms with Gasteiger partial charge in [-0.2, -0.15) is 0 Å². The second-order valence-electron chi connectivity index (χ2n) is 5.36. The van der Waals surface area contributed by atoms with Crippen molar-refractivity contribution < 1.29 is 4.79 Å². The molecule has 2 atom stereocenters. The number of carbonyl (C=O) groups is 1. The minimum atomic E-state index is -0.156. The molecule has 1 saturated heterocycles. The van der Waals surface area contributed by atoms with E-state index in [9.17, 15) is 4.79 Å². The number of rotatable bonds is 2. The van der Waals surface area contributed by atoms with Crippen molar-refractivity contribution in [3.05, 3.63) is 36.5 Å². The number of nitrogens with zero attached hydrogens (tertiary/aromatic N) is 2. The van der Waals surface area contributed by atoms with Gasteiger partial charge in [0.1, 0.15) is 0 Å². The molecule has 5 heteroatoms. The molecule has 2 aromatic rings. The highest BCUT2D eigenvalue weighted by molar-refractivity contribution is 5.96. The van der Waals surface area contributed by atoms with Gasteiger partial charge in [0.2, 0.25) is 5.91 Å². The molecule has 1 aliphatic rings. The van der Waals surface area contributed by atoms with Gasteiger partial charge >= 0.3 is 0 Å². The van der Waals surface area contributed by atoms with Gasteiger partial charge in [-0.25, -0.2) is 0 Å². The van der Waals surface area contributed by atoms with E-state index in [4.69, 9.17) is 5.73 Å². The number of nitrogens with one attached hydrogen (secondary N) is 1. The first-order valence-corrected chi connectivity index (χ1v) is 6.75. The smallest absolute Gasteiger partial charge is 0.241 e. The summed E-state index contributed by atoms with van der Waals surface area (Å²) in [6.07, 6.45) is 2.39. The Morgan fingerprint density at radius 1 is 1.45 bits per heavy atom. The maximum absolute atomic E-state index is 12.3. The van der Waals surface area contributed by atoms with Gasteiger partial charge in [-0.15, -0.1) is 0 Å². The van der Waals surface area contributed by atoms with Gasteiger partial charge in [0, 0.05) is 18.0 Å². The first kappa shape index (κ1) is 13.0. The number of nitrogens with two attached hydrogens (primary N) is 1. The van der Waals surface area contributed by atoms with E-state index < -0.39 is 0 Å². The number of para-hydroxylation sites is 1. The quantitative estimate of drug-likeness (QED) is 0.860. The van der Waals surface area contributed by atoms with Crippen molar-refractivity contribution in [3.63, 3.8) is 0 Å². The number of likely N-dealkylation sites (N-methyl/N-ethyl adjacent to an activating group) is 1. The van der Waals surface area contributed by atoms with Gasteiger partial charge in [0.15, 0.2) is 0 Å². The summed E-state index contributed by atoms with van der Waals surface area (Å²) < 4.78 is 0. The van der Waals surface area contributed by atoms with Crippen LogP contribution in [0.5, 0.6) is 0 Å². The van der Waals surface area contributed by atoms with Crippen molar-refractivity contribution in [1.82, 2.24) is 9.88 Å². The molecule has 0 aliphatic carbocycles. The molecular formula is C15H18N4O. The van der Waals surface area contributed by atoms with Crippen LogP contribution in [0.25, 0.3) is 10.9 Å². The predicted molar refractivity (Wildman–Crippen MR) is 79.4 cm³/mol. The van der Waals surface area contributed by atoms with Gasteiger partial charge in [0.05, 0.1) is 23.4 Å². The highest BCUT2D eigenvalue weighted by atomic mass is 16.2. The monoisotopic (exact) mass is 270 g/mol. The molecule has 104 valence electrons. The van der Waals surface area contributed by atoms with Crippen molar-refractivity contribution in [1.29, 1.82) is 0 Å². The van der Waals surface area contributed by atoms with Gasteiger partial charge < -0.3 is 11.1 Å². The fourth-order valence-electron chi connectivity index (χ4n) is 2.71. The predicted octanol–water partition coefficient (Wildman–Crippen LogP) is 1.20. The lowest BCUT2D eigenvalue weighted by Crippen LogP contribution is -2.37. The Morgan fingerprint density at radius 3 is 3.00 bits per heavy atom. The standard InChI is InChI=1S/C15H18N4O/c1-19-9-11(16)7-14(19)15(20)18-12-6-10-4-2-3-5-13(10)17-8-12/h2-6,8,11,14H,7,9,16H2,1H3,(H,18,20)/t11-,14+/m1/s1. The summed E-state index contributed by atoms with van der Waals surface area (Å²) in [7, 11) is 1.93. The lowest BCUT2D eigenvalue weighted by molar-refractivity contribution is -0.119. The van der Waals surface area contributed by atoms with Crippen LogP contribution in [0, 0.1) is 0 Å². The van der Waals surface area contributed by atoms with Crippen LogP contribution in [0.4, 0.5) is 5.69 Å². The topological polar surface area (TPSA) is 71.2 Å². The number of carbonyl (C=O) groups excluding carboxylic acids is 1. The molecule has 1 aliphatic heterocycles. The number of anilines is 1. The first-order chi connectivity index (χ1) is 9.63. The molecule has 3 N–H and O–H groups in total. The number of pyridine rings is 1. The molecule has 3 rings (SSSR count). The van der Waals surface area contributed by atoms with Crippen LogP contribution in [-0.4, -0.2) is 41.5 Å². The zero-order valence-corrected chi connectivity index (χ0v) is 11.4. The Kier molecular flexibility index (Phi) is 3.38. The molecule has 20 heavy (non-hydrogen) atoms. The summed E-state index contributed by atoms with van der Waals surface area (Å²) in [6.45, 7) is 0.758. The molecule has 1 aromatic heterocycles. The largest absolute Gasteiger partial charge is 0.326 e. The van der Waals surface area contributed by atoms with Crippen LogP contribution in [0.3, 0.4) is 0 Å². The Morgan fingerprint density at radius 2 is 2.25 bits per heavy atom. The van der Waals surface area contributed by atoms with E-state index in [0.29, 0.717) is 6.42 Å². The zero-order chi connectivity index (χ0) is 14.1. The SMILES string of the molecule is CN1C[C@H](N)C[C@H]1C(=O)Nc1cnc2ccccc2c1. The maximum Gasteiger partial charge on any atom is 0.241 e. The lowest BCUT2D eigenvalue weighted by Gasteiger charge is -2.18. The zero-order valence-electron chi connectivity index (χ0n) is 11.4. The van der Waals surface area contributed by atoms with E-state index in [0.717, 1.165) is 23.1 Å². The molecule has 1 aromatic carbocycles. The number of hydrogen-bond acceptors (Lipinski definition) is 4. The van der Waals surface area contributed by atoms with E-state index in [1.165, 1.54) is 0 Å². The van der Waals surface area contributed by atoms with E-state index in [2.05, 4.69) is 10.3 Å². The van der Waals surface area contributed by atoms with Crippen molar-refractivity contribution in [2.75, 3.05) is 18.9 Å². The number of likely N-dealkylation sites (tertiary alicyclic amines) is 1. The molecule has 0 bridgehead atoms. The first-order valence-electron chi connectivity index (χ1n) is 6.75. The van der Waals surface area contributed by atoms with E-state index in [1.807, 2.05) is 42.3 Å². The maximum atomic E-state index is 12.3. The van der Waals surface area contributed by atoms with Crippen LogP contribution >= 0.6 is 0 Å². The van der Waals surface area contributed by atoms with Gasteiger partial charge in [-0.05, 0) is 25.6 Å². The molecule has 0 saturated carbocycles. The molecule has 2 heterocycles. The van der Waals surface area contributed by atoms with Crippen LogP contribution in [0.2, 0.25) is 0 Å². The third-order valence-electron chi connectivity index (χ3n) is 3.74. The Hall–Kier alpha value is -1.98. The second-order valence-corrected chi connectivity index (χ2v) is 5.36. The van der Waals surface area contributed by atoms with Gasteiger partial charge in [0.25, 0.3) is 0 Å². The summed E-state index contributed by atoms with van der Waals surface area (Å²) in [4.78, 5) is 18.6. The number of hydrogen-bond donors (Lipinski definition) is 2. The fourth-order valence-corrected chi connectivity index (χ4v) is 2.71. The average molecular weight is 270 g/mol. The summed E-state index contributed by atoms with van der Waals surface area (Å²) in [5.74, 6) is -0.0162. The highest BCUT2D eigenvalue weighted by Crippen LogP contribution is 2.19. The molecule has 1 amide bonds. The Labute approximate surface area is 117 Å². The fraction of sp³-hybridized carbons (Fsp3) is 0.333. The minimum absolute atomic E-state index is 0.0162. The normalized spacial score (nSPS) is 23.1. The van der Waals surface area contributed by atoms with Crippen LogP contribution in [0.15, 0.2) is 36.5 Å². The van der Waals surface area contributed by atoms with E-state index in [-0.39, 0.29) is 18.0 Å².